The number of carbonyl (C=O) groups excluding carboxylic acids is 2. The lowest BCUT2D eigenvalue weighted by molar-refractivity contribution is -0.294. The minimum atomic E-state index is -1.91. The highest BCUT2D eigenvalue weighted by atomic mass is 16.7. The van der Waals surface area contributed by atoms with E-state index in [0.29, 0.717) is 5.56 Å². The van der Waals surface area contributed by atoms with Crippen molar-refractivity contribution in [3.8, 4) is 23.0 Å². The molecule has 0 saturated carbocycles. The summed E-state index contributed by atoms with van der Waals surface area (Å²) in [6.45, 7) is -0.114. The van der Waals surface area contributed by atoms with Crippen molar-refractivity contribution in [3.63, 3.8) is 0 Å². The fraction of sp³-hybridized carbons (Fsp3) is 0.469. The van der Waals surface area contributed by atoms with Crippen molar-refractivity contribution in [2.24, 2.45) is 0 Å². The molecule has 5 rings (SSSR count). The number of hydrogen-bond acceptors (Lipinski definition) is 18. The summed E-state index contributed by atoms with van der Waals surface area (Å²) in [5.41, 5.74) is 0.396. The molecule has 0 radical (unpaired) electrons. The van der Waals surface area contributed by atoms with Gasteiger partial charge in [-0.05, 0) is 18.2 Å². The Hall–Kier alpha value is -4.73. The minimum absolute atomic E-state index is 0.0263. The number of aromatic hydroxyl groups is 2. The topological polar surface area (TPSA) is 298 Å². The highest BCUT2D eigenvalue weighted by Gasteiger charge is 2.48. The van der Waals surface area contributed by atoms with Gasteiger partial charge in [-0.25, -0.2) is 0 Å². The zero-order chi connectivity index (χ0) is 37.1. The Morgan fingerprint density at radius 1 is 0.725 bits per heavy atom. The highest BCUT2D eigenvalue weighted by Crippen LogP contribution is 2.46. The van der Waals surface area contributed by atoms with Gasteiger partial charge in [0.2, 0.25) is 12.6 Å². The predicted octanol–water partition coefficient (Wildman–Crippen LogP) is -1.84. The normalized spacial score (nSPS) is 31.7. The zero-order valence-corrected chi connectivity index (χ0v) is 26.6. The number of fused-ring (bicyclic) bond motifs is 1. The molecule has 0 spiro atoms. The first-order valence-electron chi connectivity index (χ1n) is 15.4. The summed E-state index contributed by atoms with van der Waals surface area (Å²) in [6, 6.07) is 7.91. The molecular formula is C32H36O19. The van der Waals surface area contributed by atoms with Crippen molar-refractivity contribution in [1.82, 2.24) is 0 Å². The number of aliphatic carboxylic acids is 1. The summed E-state index contributed by atoms with van der Waals surface area (Å²) in [4.78, 5) is 33.9. The number of esters is 2. The molecule has 2 aromatic carbocycles. The molecule has 2 fully saturated rings. The van der Waals surface area contributed by atoms with Crippen LogP contribution >= 0.6 is 0 Å². The van der Waals surface area contributed by atoms with Gasteiger partial charge in [0, 0.05) is 24.6 Å². The summed E-state index contributed by atoms with van der Waals surface area (Å²) in [6.07, 6.45) is -18.1. The molecule has 0 aliphatic carbocycles. The number of ether oxygens (including phenoxy) is 7. The van der Waals surface area contributed by atoms with Crippen LogP contribution in [0.2, 0.25) is 0 Å². The summed E-state index contributed by atoms with van der Waals surface area (Å²) in [5, 5.41) is 92.6. The number of carbonyl (C=O) groups is 3. The molecule has 278 valence electrons. The minimum Gasteiger partial charge on any atom is -0.508 e. The predicted molar refractivity (Wildman–Crippen MR) is 162 cm³/mol. The number of aliphatic hydroxyl groups excluding tert-OH is 6. The van der Waals surface area contributed by atoms with Gasteiger partial charge in [-0.3, -0.25) is 14.4 Å². The van der Waals surface area contributed by atoms with Crippen molar-refractivity contribution in [1.29, 1.82) is 0 Å². The number of rotatable bonds is 11. The Balaban J connectivity index is 1.47. The highest BCUT2D eigenvalue weighted by molar-refractivity contribution is 5.90. The van der Waals surface area contributed by atoms with Crippen LogP contribution in [-0.4, -0.2) is 138 Å². The number of carboxylic acid groups (broad SMARTS) is 1. The van der Waals surface area contributed by atoms with E-state index in [2.05, 4.69) is 0 Å². The third-order valence-electron chi connectivity index (χ3n) is 8.06. The molecule has 3 aliphatic heterocycles. The van der Waals surface area contributed by atoms with Crippen molar-refractivity contribution in [3.05, 3.63) is 53.3 Å². The first kappa shape index (κ1) is 37.5. The number of aliphatic hydroxyl groups is 6. The lowest BCUT2D eigenvalue weighted by Crippen LogP contribution is -2.60. The van der Waals surface area contributed by atoms with E-state index in [1.807, 2.05) is 0 Å². The van der Waals surface area contributed by atoms with Gasteiger partial charge in [0.15, 0.2) is 6.10 Å². The van der Waals surface area contributed by atoms with Crippen LogP contribution in [0.15, 0.2) is 42.2 Å². The van der Waals surface area contributed by atoms with Crippen LogP contribution in [-0.2, 0) is 38.1 Å². The second-order valence-electron chi connectivity index (χ2n) is 11.8. The molecule has 0 bridgehead atoms. The van der Waals surface area contributed by atoms with Crippen molar-refractivity contribution >= 4 is 24.0 Å². The lowest BCUT2D eigenvalue weighted by atomic mass is 9.98. The van der Waals surface area contributed by atoms with Gasteiger partial charge in [-0.2, -0.15) is 0 Å². The maximum absolute atomic E-state index is 11.8. The van der Waals surface area contributed by atoms with E-state index < -0.39 is 111 Å². The molecule has 19 heteroatoms. The number of benzene rings is 2. The quantitative estimate of drug-likeness (QED) is 0.0909. The summed E-state index contributed by atoms with van der Waals surface area (Å²) in [7, 11) is 0. The van der Waals surface area contributed by atoms with Crippen molar-refractivity contribution in [2.75, 3.05) is 13.2 Å². The van der Waals surface area contributed by atoms with Crippen LogP contribution in [0.25, 0.3) is 6.08 Å². The smallest absolute Gasteiger partial charge is 0.317 e. The van der Waals surface area contributed by atoms with Crippen LogP contribution in [0, 0.1) is 0 Å². The summed E-state index contributed by atoms with van der Waals surface area (Å²) >= 11 is 0. The molecule has 0 aromatic heterocycles. The number of carboxylic acids is 1. The van der Waals surface area contributed by atoms with Gasteiger partial charge in [0.1, 0.15) is 97.2 Å². The van der Waals surface area contributed by atoms with Gasteiger partial charge in [0.05, 0.1) is 5.56 Å². The van der Waals surface area contributed by atoms with Gasteiger partial charge >= 0.3 is 17.9 Å². The van der Waals surface area contributed by atoms with Crippen LogP contribution in [0.4, 0.5) is 0 Å². The Morgan fingerprint density at radius 3 is 1.86 bits per heavy atom. The lowest BCUT2D eigenvalue weighted by Gasteiger charge is -2.41. The maximum atomic E-state index is 11.8. The molecule has 19 nitrogen and oxygen atoms in total. The largest absolute Gasteiger partial charge is 0.508 e. The Kier molecular flexibility index (Phi) is 11.5. The molecule has 1 unspecified atom stereocenters. The van der Waals surface area contributed by atoms with E-state index in [4.69, 9.17) is 38.3 Å². The monoisotopic (exact) mass is 724 g/mol. The van der Waals surface area contributed by atoms with E-state index >= 15 is 0 Å². The molecule has 2 aromatic rings. The fourth-order valence-electron chi connectivity index (χ4n) is 5.42. The van der Waals surface area contributed by atoms with E-state index in [1.54, 1.807) is 0 Å². The molecule has 9 N–H and O–H groups in total. The van der Waals surface area contributed by atoms with Crippen LogP contribution in [0.3, 0.4) is 0 Å². The van der Waals surface area contributed by atoms with E-state index in [1.165, 1.54) is 36.4 Å². The molecule has 3 aliphatic rings. The summed E-state index contributed by atoms with van der Waals surface area (Å²) in [5.74, 6) is -4.22. The zero-order valence-electron chi connectivity index (χ0n) is 26.6. The van der Waals surface area contributed by atoms with Crippen molar-refractivity contribution in [2.45, 2.75) is 80.9 Å². The molecule has 11 atom stereocenters. The molecule has 51 heavy (non-hydrogen) atoms. The third kappa shape index (κ3) is 8.60. The van der Waals surface area contributed by atoms with Gasteiger partial charge in [-0.1, -0.05) is 12.1 Å². The molecule has 2 saturated heterocycles. The van der Waals surface area contributed by atoms with Crippen LogP contribution in [0.5, 0.6) is 23.0 Å². The van der Waals surface area contributed by atoms with E-state index in [-0.39, 0.29) is 28.6 Å². The second-order valence-corrected chi connectivity index (χ2v) is 11.8. The number of phenols is 2. The number of hydrogen-bond donors (Lipinski definition) is 9. The SMILES string of the molecule is CC(=O)OC[C@@H]1O[C@@H](Oc2cc(O)cc3c2C=C(O[C@@H]2O[C@H](COC(=O)CC(=O)O)[C@H](O)[C@H](O)[C@@H]2O)C(c2ccc(O)cc2)O3)[C@H](O)[C@@H](O)[C@H]1O. The van der Waals surface area contributed by atoms with Crippen molar-refractivity contribution < 1.29 is 93.5 Å². The van der Waals surface area contributed by atoms with E-state index in [0.717, 1.165) is 13.0 Å². The maximum Gasteiger partial charge on any atom is 0.317 e. The van der Waals surface area contributed by atoms with Gasteiger partial charge < -0.3 is 79.1 Å². The van der Waals surface area contributed by atoms with Gasteiger partial charge in [-0.15, -0.1) is 0 Å². The van der Waals surface area contributed by atoms with E-state index in [9.17, 15) is 55.2 Å². The Bertz CT molecular complexity index is 1610. The molecular weight excluding hydrogens is 688 g/mol. The Morgan fingerprint density at radius 2 is 1.29 bits per heavy atom. The first-order valence-corrected chi connectivity index (χ1v) is 15.4. The molecule has 3 heterocycles. The Labute approximate surface area is 288 Å². The van der Waals surface area contributed by atoms with Crippen LogP contribution < -0.4 is 9.47 Å². The third-order valence-corrected chi connectivity index (χ3v) is 8.06. The number of phenolic OH excluding ortho intramolecular Hbond substituents is 2. The van der Waals surface area contributed by atoms with Crippen LogP contribution in [0.1, 0.15) is 30.6 Å². The second kappa shape index (κ2) is 15.7. The van der Waals surface area contributed by atoms with Gasteiger partial charge in [0.25, 0.3) is 0 Å². The molecule has 0 amide bonds. The summed E-state index contributed by atoms with van der Waals surface area (Å²) < 4.78 is 38.9. The average Bonchev–Trinajstić information content (AvgIpc) is 3.07. The first-order chi connectivity index (χ1) is 24.1. The average molecular weight is 725 g/mol. The fourth-order valence-corrected chi connectivity index (χ4v) is 5.42. The standard InChI is InChI=1S/C32H36O19/c1-12(33)45-10-20-24(39)26(41)28(43)31(50-20)48-18-7-15(35)6-17-16(18)8-19(30(47-17)13-2-4-14(34)5-3-13)49-32-29(44)27(42)25(40)21(51-32)11-46-23(38)9-22(36)37/h2-8,20-21,24-32,34-35,39-44H,9-11H2,1H3,(H,36,37)/t20-,21+,24-,25-,26-,27-,28+,29-,30?,31+,32+/m0/s1.